The minimum Gasteiger partial charge on any atom is -0.495 e. The summed E-state index contributed by atoms with van der Waals surface area (Å²) in [4.78, 5) is 16.3. The van der Waals surface area contributed by atoms with Crippen LogP contribution in [0.5, 0.6) is 5.75 Å². The van der Waals surface area contributed by atoms with Crippen molar-refractivity contribution in [2.24, 2.45) is 0 Å². The van der Waals surface area contributed by atoms with Gasteiger partial charge < -0.3 is 10.1 Å². The van der Waals surface area contributed by atoms with Gasteiger partial charge in [0.1, 0.15) is 17.5 Å². The Bertz CT molecular complexity index is 1090. The molecule has 2 atom stereocenters. The van der Waals surface area contributed by atoms with Gasteiger partial charge in [0.15, 0.2) is 0 Å². The standard InChI is InChI=1S/C25H25ClF3N3O2/c1-30-24(33)23(17-6-4-3-5-7-17)32-20(18-10-11-19(26)21(14-18)34-2)12-8-16-9-13-22(31-15-16)25(27,28)29/h3-7,9-11,13-15,20,23,32H,8,12H2,1-2H3,(H,30,33)/t20-,23?/m0/s1. The normalized spacial score (nSPS) is 13.2. The second kappa shape index (κ2) is 11.4. The van der Waals surface area contributed by atoms with Crippen LogP contribution < -0.4 is 15.4 Å². The van der Waals surface area contributed by atoms with E-state index in [4.69, 9.17) is 16.3 Å². The summed E-state index contributed by atoms with van der Waals surface area (Å²) < 4.78 is 43.9. The smallest absolute Gasteiger partial charge is 0.433 e. The number of amides is 1. The molecule has 0 aliphatic heterocycles. The molecule has 5 nitrogen and oxygen atoms in total. The Morgan fingerprint density at radius 2 is 1.82 bits per heavy atom. The van der Waals surface area contributed by atoms with Crippen molar-refractivity contribution in [1.29, 1.82) is 0 Å². The molecule has 1 amide bonds. The third-order valence-electron chi connectivity index (χ3n) is 5.42. The van der Waals surface area contributed by atoms with Crippen LogP contribution in [0.1, 0.15) is 40.9 Å². The molecule has 0 fully saturated rings. The molecule has 2 N–H and O–H groups in total. The number of hydrogen-bond donors (Lipinski definition) is 2. The number of aromatic nitrogens is 1. The molecule has 34 heavy (non-hydrogen) atoms. The summed E-state index contributed by atoms with van der Waals surface area (Å²) in [6.45, 7) is 0. The van der Waals surface area contributed by atoms with Gasteiger partial charge in [-0.3, -0.25) is 15.1 Å². The van der Waals surface area contributed by atoms with E-state index < -0.39 is 17.9 Å². The van der Waals surface area contributed by atoms with Crippen molar-refractivity contribution < 1.29 is 22.7 Å². The lowest BCUT2D eigenvalue weighted by Crippen LogP contribution is -2.38. The van der Waals surface area contributed by atoms with Crippen molar-refractivity contribution in [2.75, 3.05) is 14.2 Å². The zero-order valence-electron chi connectivity index (χ0n) is 18.7. The Morgan fingerprint density at radius 3 is 2.41 bits per heavy atom. The van der Waals surface area contributed by atoms with Crippen LogP contribution in [-0.4, -0.2) is 25.0 Å². The van der Waals surface area contributed by atoms with Crippen molar-refractivity contribution in [1.82, 2.24) is 15.6 Å². The molecule has 0 aliphatic carbocycles. The van der Waals surface area contributed by atoms with Gasteiger partial charge in [-0.15, -0.1) is 0 Å². The SMILES string of the molecule is CNC(=O)C(N[C@@H](CCc1ccc(C(F)(F)F)nc1)c1ccc(Cl)c(OC)c1)c1ccccc1. The molecule has 0 saturated carbocycles. The summed E-state index contributed by atoms with van der Waals surface area (Å²) in [5.74, 6) is 0.270. The zero-order valence-corrected chi connectivity index (χ0v) is 19.5. The molecule has 9 heteroatoms. The summed E-state index contributed by atoms with van der Waals surface area (Å²) in [6, 6.07) is 16.0. The van der Waals surface area contributed by atoms with Crippen LogP contribution >= 0.6 is 11.6 Å². The number of carbonyl (C=O) groups is 1. The minimum atomic E-state index is -4.49. The first-order valence-corrected chi connectivity index (χ1v) is 11.0. The van der Waals surface area contributed by atoms with Gasteiger partial charge in [0.25, 0.3) is 0 Å². The number of methoxy groups -OCH3 is 1. The van der Waals surface area contributed by atoms with E-state index >= 15 is 0 Å². The van der Waals surface area contributed by atoms with Crippen LogP contribution in [0.3, 0.4) is 0 Å². The van der Waals surface area contributed by atoms with Gasteiger partial charge in [-0.25, -0.2) is 0 Å². The monoisotopic (exact) mass is 491 g/mol. The third kappa shape index (κ3) is 6.48. The van der Waals surface area contributed by atoms with Crippen molar-refractivity contribution in [3.05, 3.63) is 94.3 Å². The number of pyridine rings is 1. The highest BCUT2D eigenvalue weighted by molar-refractivity contribution is 6.32. The number of benzene rings is 2. The second-order valence-electron chi connectivity index (χ2n) is 7.66. The number of alkyl halides is 3. The molecule has 1 heterocycles. The Kier molecular flexibility index (Phi) is 8.52. The number of hydrogen-bond acceptors (Lipinski definition) is 4. The molecule has 3 rings (SSSR count). The maximum absolute atomic E-state index is 12.8. The van der Waals surface area contributed by atoms with Crippen molar-refractivity contribution in [3.63, 3.8) is 0 Å². The van der Waals surface area contributed by atoms with Crippen molar-refractivity contribution in [3.8, 4) is 5.75 Å². The van der Waals surface area contributed by atoms with Gasteiger partial charge in [0.2, 0.25) is 5.91 Å². The summed E-state index contributed by atoms with van der Waals surface area (Å²) in [5.41, 5.74) is 1.32. The topological polar surface area (TPSA) is 63.2 Å². The lowest BCUT2D eigenvalue weighted by Gasteiger charge is -2.26. The molecule has 1 unspecified atom stereocenters. The molecule has 0 aliphatic rings. The average molecular weight is 492 g/mol. The van der Waals surface area contributed by atoms with Crippen LogP contribution in [0.4, 0.5) is 13.2 Å². The number of halogens is 4. The van der Waals surface area contributed by atoms with E-state index in [0.29, 0.717) is 29.2 Å². The second-order valence-corrected chi connectivity index (χ2v) is 8.07. The van der Waals surface area contributed by atoms with E-state index in [1.165, 1.54) is 19.4 Å². The molecule has 0 saturated heterocycles. The van der Waals surface area contributed by atoms with Crippen LogP contribution in [0.25, 0.3) is 0 Å². The fourth-order valence-electron chi connectivity index (χ4n) is 3.60. The largest absolute Gasteiger partial charge is 0.495 e. The zero-order chi connectivity index (χ0) is 24.7. The lowest BCUT2D eigenvalue weighted by molar-refractivity contribution is -0.141. The van der Waals surface area contributed by atoms with Gasteiger partial charge in [-0.1, -0.05) is 54.1 Å². The van der Waals surface area contributed by atoms with Crippen molar-refractivity contribution >= 4 is 17.5 Å². The molecule has 0 bridgehead atoms. The first kappa shape index (κ1) is 25.5. The van der Waals surface area contributed by atoms with Crippen molar-refractivity contribution in [2.45, 2.75) is 31.1 Å². The first-order chi connectivity index (χ1) is 16.2. The number of rotatable bonds is 9. The maximum Gasteiger partial charge on any atom is 0.433 e. The fraction of sp³-hybridized carbons (Fsp3) is 0.280. The molecule has 3 aromatic rings. The highest BCUT2D eigenvalue weighted by Crippen LogP contribution is 2.32. The molecule has 1 aromatic heterocycles. The summed E-state index contributed by atoms with van der Waals surface area (Å²) in [5, 5.41) is 6.53. The third-order valence-corrected chi connectivity index (χ3v) is 5.74. The van der Waals surface area contributed by atoms with Crippen LogP contribution in [-0.2, 0) is 17.4 Å². The predicted molar refractivity (Wildman–Crippen MR) is 125 cm³/mol. The van der Waals surface area contributed by atoms with E-state index in [1.54, 1.807) is 19.2 Å². The van der Waals surface area contributed by atoms with Gasteiger partial charge in [0, 0.05) is 19.3 Å². The Balaban J connectivity index is 1.89. The van der Waals surface area contributed by atoms with Crippen LogP contribution in [0.15, 0.2) is 66.9 Å². The van der Waals surface area contributed by atoms with Gasteiger partial charge in [-0.2, -0.15) is 13.2 Å². The Morgan fingerprint density at radius 1 is 1.09 bits per heavy atom. The van der Waals surface area contributed by atoms with Gasteiger partial charge in [-0.05, 0) is 47.7 Å². The van der Waals surface area contributed by atoms with Gasteiger partial charge >= 0.3 is 6.18 Å². The number of nitrogens with zero attached hydrogens (tertiary/aromatic N) is 1. The van der Waals surface area contributed by atoms with E-state index in [2.05, 4.69) is 15.6 Å². The highest BCUT2D eigenvalue weighted by atomic mass is 35.5. The molecule has 0 radical (unpaired) electrons. The summed E-state index contributed by atoms with van der Waals surface area (Å²) in [6.07, 6.45) is -2.34. The highest BCUT2D eigenvalue weighted by Gasteiger charge is 2.32. The minimum absolute atomic E-state index is 0.215. The van der Waals surface area contributed by atoms with E-state index in [9.17, 15) is 18.0 Å². The van der Waals surface area contributed by atoms with E-state index in [1.807, 2.05) is 36.4 Å². The summed E-state index contributed by atoms with van der Waals surface area (Å²) >= 11 is 6.19. The van der Waals surface area contributed by atoms with Gasteiger partial charge in [0.05, 0.1) is 12.1 Å². The molecule has 180 valence electrons. The molecular formula is C25H25ClF3N3O2. The first-order valence-electron chi connectivity index (χ1n) is 10.6. The lowest BCUT2D eigenvalue weighted by atomic mass is 9.96. The quantitative estimate of drug-likeness (QED) is 0.414. The number of likely N-dealkylation sites (N-methyl/N-ethyl adjacent to an activating group) is 1. The summed E-state index contributed by atoms with van der Waals surface area (Å²) in [7, 11) is 3.08. The number of carbonyl (C=O) groups excluding carboxylic acids is 1. The number of aryl methyl sites for hydroxylation is 1. The van der Waals surface area contributed by atoms with E-state index in [-0.39, 0.29) is 11.9 Å². The number of ether oxygens (including phenoxy) is 1. The van der Waals surface area contributed by atoms with Crippen LogP contribution in [0, 0.1) is 0 Å². The molecule has 2 aromatic carbocycles. The average Bonchev–Trinajstić information content (AvgIpc) is 2.84. The maximum atomic E-state index is 12.8. The number of nitrogens with one attached hydrogen (secondary N) is 2. The Hall–Kier alpha value is -3.10. The van der Waals surface area contributed by atoms with E-state index in [0.717, 1.165) is 17.2 Å². The Labute approximate surface area is 201 Å². The molecular weight excluding hydrogens is 467 g/mol. The predicted octanol–water partition coefficient (Wildman–Crippen LogP) is 5.51. The fourth-order valence-corrected chi connectivity index (χ4v) is 3.80. The van der Waals surface area contributed by atoms with Crippen LogP contribution in [0.2, 0.25) is 5.02 Å². The molecule has 0 spiro atoms.